The third kappa shape index (κ3) is 2.18. The third-order valence-corrected chi connectivity index (χ3v) is 4.59. The van der Waals surface area contributed by atoms with Crippen molar-refractivity contribution < 1.29 is 14.9 Å². The van der Waals surface area contributed by atoms with Crippen LogP contribution in [0.2, 0.25) is 0 Å². The normalized spacial score (nSPS) is 30.1. The van der Waals surface area contributed by atoms with E-state index in [9.17, 15) is 10.2 Å². The maximum absolute atomic E-state index is 10.2. The Hall–Kier alpha value is -1.22. The van der Waals surface area contributed by atoms with E-state index in [1.807, 2.05) is 6.92 Å². The zero-order chi connectivity index (χ0) is 14.1. The number of rotatable bonds is 4. The van der Waals surface area contributed by atoms with Crippen LogP contribution < -0.4 is 0 Å². The van der Waals surface area contributed by atoms with Crippen LogP contribution in [0.15, 0.2) is 18.9 Å². The highest BCUT2D eigenvalue weighted by Crippen LogP contribution is 2.38. The van der Waals surface area contributed by atoms with Crippen molar-refractivity contribution in [2.75, 3.05) is 12.4 Å². The molecule has 0 bridgehead atoms. The number of aliphatic hydroxyl groups excluding tert-OH is 2. The maximum Gasteiger partial charge on any atom is 0.165 e. The van der Waals surface area contributed by atoms with E-state index < -0.39 is 18.4 Å². The Balaban J connectivity index is 1.98. The quantitative estimate of drug-likeness (QED) is 0.832. The van der Waals surface area contributed by atoms with E-state index in [0.717, 1.165) is 5.75 Å². The Bertz CT molecular complexity index is 593. The Labute approximate surface area is 120 Å². The van der Waals surface area contributed by atoms with Crippen LogP contribution in [0.4, 0.5) is 0 Å². The van der Waals surface area contributed by atoms with Crippen molar-refractivity contribution in [1.82, 2.24) is 19.5 Å². The minimum Gasteiger partial charge on any atom is -0.394 e. The van der Waals surface area contributed by atoms with Crippen molar-refractivity contribution >= 4 is 22.9 Å². The Morgan fingerprint density at radius 1 is 1.45 bits per heavy atom. The highest BCUT2D eigenvalue weighted by atomic mass is 32.2. The summed E-state index contributed by atoms with van der Waals surface area (Å²) in [5, 5.41) is 19.4. The van der Waals surface area contributed by atoms with Gasteiger partial charge in [0.25, 0.3) is 0 Å². The van der Waals surface area contributed by atoms with E-state index in [1.165, 1.54) is 6.33 Å². The molecule has 0 unspecified atom stereocenters. The fourth-order valence-corrected chi connectivity index (χ4v) is 3.55. The molecule has 0 spiro atoms. The monoisotopic (exact) mass is 296 g/mol. The first-order valence-corrected chi connectivity index (χ1v) is 7.49. The molecule has 1 aliphatic heterocycles. The lowest BCUT2D eigenvalue weighted by Gasteiger charge is -2.20. The number of hydrogen-bond acceptors (Lipinski definition) is 7. The van der Waals surface area contributed by atoms with Crippen LogP contribution in [0.3, 0.4) is 0 Å². The first-order valence-electron chi connectivity index (χ1n) is 6.44. The van der Waals surface area contributed by atoms with Crippen molar-refractivity contribution in [1.29, 1.82) is 0 Å². The van der Waals surface area contributed by atoms with E-state index in [1.54, 1.807) is 28.9 Å². The highest BCUT2D eigenvalue weighted by Gasteiger charge is 2.44. The van der Waals surface area contributed by atoms with Gasteiger partial charge in [-0.25, -0.2) is 15.0 Å². The predicted molar refractivity (Wildman–Crippen MR) is 74.2 cm³/mol. The van der Waals surface area contributed by atoms with Crippen LogP contribution in [0, 0.1) is 0 Å². The summed E-state index contributed by atoms with van der Waals surface area (Å²) in [7, 11) is 0. The number of nitrogens with zero attached hydrogens (tertiary/aromatic N) is 4. The molecule has 2 aromatic rings. The van der Waals surface area contributed by atoms with Gasteiger partial charge >= 0.3 is 0 Å². The number of thioether (sulfide) groups is 1. The highest BCUT2D eigenvalue weighted by molar-refractivity contribution is 7.99. The van der Waals surface area contributed by atoms with Crippen LogP contribution in [0.5, 0.6) is 0 Å². The largest absolute Gasteiger partial charge is 0.394 e. The first-order chi connectivity index (χ1) is 9.76. The van der Waals surface area contributed by atoms with Gasteiger partial charge < -0.3 is 14.9 Å². The maximum atomic E-state index is 10.2. The first kappa shape index (κ1) is 13.7. The fraction of sp³-hybridized carbons (Fsp3) is 0.583. The summed E-state index contributed by atoms with van der Waals surface area (Å²) < 4.78 is 7.58. The van der Waals surface area contributed by atoms with Gasteiger partial charge in [0, 0.05) is 0 Å². The summed E-state index contributed by atoms with van der Waals surface area (Å²) in [6, 6.07) is 0. The molecule has 108 valence electrons. The number of hydrogen-bond donors (Lipinski definition) is 2. The lowest BCUT2D eigenvalue weighted by Crippen LogP contribution is -2.31. The molecule has 7 nitrogen and oxygen atoms in total. The van der Waals surface area contributed by atoms with Gasteiger partial charge in [0.1, 0.15) is 17.9 Å². The van der Waals surface area contributed by atoms with Crippen molar-refractivity contribution in [3.63, 3.8) is 0 Å². The van der Waals surface area contributed by atoms with Gasteiger partial charge in [0.05, 0.1) is 30.5 Å². The molecular weight excluding hydrogens is 280 g/mol. The second kappa shape index (κ2) is 5.65. The summed E-state index contributed by atoms with van der Waals surface area (Å²) in [6.45, 7) is 1.81. The van der Waals surface area contributed by atoms with Gasteiger partial charge in [0.2, 0.25) is 0 Å². The van der Waals surface area contributed by atoms with E-state index in [4.69, 9.17) is 4.74 Å². The fourth-order valence-electron chi connectivity index (χ4n) is 2.44. The molecule has 0 aromatic carbocycles. The number of imidazole rings is 1. The number of fused-ring (bicyclic) bond motifs is 1. The molecule has 3 heterocycles. The van der Waals surface area contributed by atoms with E-state index >= 15 is 0 Å². The second-order valence-corrected chi connectivity index (χ2v) is 6.00. The van der Waals surface area contributed by atoms with Crippen molar-refractivity contribution in [3.8, 4) is 0 Å². The lowest BCUT2D eigenvalue weighted by molar-refractivity contribution is -0.0430. The summed E-state index contributed by atoms with van der Waals surface area (Å²) in [5.74, 6) is 0.849. The third-order valence-electron chi connectivity index (χ3n) is 3.36. The standard InChI is InChI=1S/C12H16N4O3S/c1-2-20-10-9(18)8(4-17)19-12(10)16-6-15-7-3-13-5-14-11(7)16/h3,5-6,8-10,12,17-18H,2,4H2,1H3/t8-,9-,10+,12-/m0/s1. The predicted octanol–water partition coefficient (Wildman–Crippen LogP) is 0.199. The summed E-state index contributed by atoms with van der Waals surface area (Å²) >= 11 is 1.60. The topological polar surface area (TPSA) is 93.3 Å². The molecule has 0 aliphatic carbocycles. The molecule has 1 saturated heterocycles. The molecule has 0 amide bonds. The van der Waals surface area contributed by atoms with E-state index in [0.29, 0.717) is 11.2 Å². The van der Waals surface area contributed by atoms with Crippen LogP contribution in [0.25, 0.3) is 11.2 Å². The van der Waals surface area contributed by atoms with Crippen LogP contribution in [-0.2, 0) is 4.74 Å². The smallest absolute Gasteiger partial charge is 0.165 e. The lowest BCUT2D eigenvalue weighted by atomic mass is 10.2. The number of aliphatic hydroxyl groups is 2. The minimum atomic E-state index is -0.714. The average molecular weight is 296 g/mol. The second-order valence-electron chi connectivity index (χ2n) is 4.54. The van der Waals surface area contributed by atoms with Gasteiger partial charge in [0.15, 0.2) is 11.9 Å². The summed E-state index contributed by atoms with van der Waals surface area (Å²) in [5.41, 5.74) is 1.34. The SMILES string of the molecule is CCS[C@@H]1[C@@H](O)[C@H](CO)O[C@@H]1n1cnc2cncnc21. The minimum absolute atomic E-state index is 0.162. The molecule has 2 N–H and O–H groups in total. The molecule has 3 rings (SSSR count). The molecule has 8 heteroatoms. The molecule has 2 aromatic heterocycles. The Kier molecular flexibility index (Phi) is 3.88. The van der Waals surface area contributed by atoms with Crippen LogP contribution in [0.1, 0.15) is 13.2 Å². The Morgan fingerprint density at radius 3 is 3.05 bits per heavy atom. The molecular formula is C12H16N4O3S. The van der Waals surface area contributed by atoms with Gasteiger partial charge in [-0.3, -0.25) is 4.57 Å². The van der Waals surface area contributed by atoms with Crippen molar-refractivity contribution in [3.05, 3.63) is 18.9 Å². The molecule has 0 radical (unpaired) electrons. The Morgan fingerprint density at radius 2 is 2.30 bits per heavy atom. The summed E-state index contributed by atoms with van der Waals surface area (Å²) in [4.78, 5) is 12.4. The molecule has 1 fully saturated rings. The molecule has 0 saturated carbocycles. The average Bonchev–Trinajstić information content (AvgIpc) is 3.02. The summed E-state index contributed by atoms with van der Waals surface area (Å²) in [6.07, 6.45) is 3.04. The van der Waals surface area contributed by atoms with Gasteiger partial charge in [-0.2, -0.15) is 11.8 Å². The van der Waals surface area contributed by atoms with Crippen molar-refractivity contribution in [2.45, 2.75) is 30.6 Å². The zero-order valence-electron chi connectivity index (χ0n) is 11.0. The van der Waals surface area contributed by atoms with Gasteiger partial charge in [-0.1, -0.05) is 6.92 Å². The molecule has 1 aliphatic rings. The van der Waals surface area contributed by atoms with E-state index in [2.05, 4.69) is 15.0 Å². The van der Waals surface area contributed by atoms with Crippen LogP contribution >= 0.6 is 11.8 Å². The van der Waals surface area contributed by atoms with E-state index in [-0.39, 0.29) is 11.9 Å². The zero-order valence-corrected chi connectivity index (χ0v) is 11.8. The molecule has 20 heavy (non-hydrogen) atoms. The van der Waals surface area contributed by atoms with Crippen LogP contribution in [-0.4, -0.2) is 59.5 Å². The van der Waals surface area contributed by atoms with Gasteiger partial charge in [-0.15, -0.1) is 0 Å². The van der Waals surface area contributed by atoms with Crippen molar-refractivity contribution in [2.24, 2.45) is 0 Å². The molecule has 4 atom stereocenters. The van der Waals surface area contributed by atoms with Gasteiger partial charge in [-0.05, 0) is 5.75 Å². The number of ether oxygens (including phenoxy) is 1. The number of aromatic nitrogens is 4.